The number of aryl methyl sites for hydroxylation is 1. The zero-order valence-corrected chi connectivity index (χ0v) is 15.5. The molecule has 1 N–H and O–H groups in total. The first-order chi connectivity index (χ1) is 12.1. The van der Waals surface area contributed by atoms with Gasteiger partial charge in [0, 0.05) is 6.54 Å². The average Bonchev–Trinajstić information content (AvgIpc) is 2.99. The molecule has 0 bridgehead atoms. The van der Waals surface area contributed by atoms with Gasteiger partial charge in [-0.15, -0.1) is 10.2 Å². The third-order valence-electron chi connectivity index (χ3n) is 3.84. The largest absolute Gasteiger partial charge is 0.451 e. The van der Waals surface area contributed by atoms with Crippen LogP contribution in [-0.4, -0.2) is 23.2 Å². The zero-order valence-electron chi connectivity index (χ0n) is 14.7. The first-order valence-corrected chi connectivity index (χ1v) is 9.70. The van der Waals surface area contributed by atoms with E-state index in [-0.39, 0.29) is 17.3 Å². The highest BCUT2D eigenvalue weighted by Gasteiger charge is 2.39. The highest BCUT2D eigenvalue weighted by atomic mass is 32.2. The van der Waals surface area contributed by atoms with Gasteiger partial charge in [0.2, 0.25) is 15.8 Å². The number of aromatic nitrogens is 3. The van der Waals surface area contributed by atoms with Crippen molar-refractivity contribution in [3.05, 3.63) is 41.5 Å². The molecule has 2 rings (SSSR count). The van der Waals surface area contributed by atoms with Gasteiger partial charge in [-0.1, -0.05) is 25.5 Å². The molecule has 0 aliphatic heterocycles. The normalized spacial score (nSPS) is 13.8. The summed E-state index contributed by atoms with van der Waals surface area (Å²) >= 11 is 0. The van der Waals surface area contributed by atoms with Crippen LogP contribution < -0.4 is 4.72 Å². The first kappa shape index (κ1) is 20.4. The Morgan fingerprint density at radius 1 is 1.15 bits per heavy atom. The van der Waals surface area contributed by atoms with E-state index in [1.54, 1.807) is 12.1 Å². The lowest BCUT2D eigenvalue weighted by atomic mass is 10.1. The monoisotopic (exact) mass is 390 g/mol. The number of alkyl halides is 3. The third-order valence-corrected chi connectivity index (χ3v) is 5.40. The summed E-state index contributed by atoms with van der Waals surface area (Å²) < 4.78 is 67.1. The van der Waals surface area contributed by atoms with Crippen LogP contribution in [-0.2, 0) is 29.2 Å². The Balaban J connectivity index is 2.26. The Morgan fingerprint density at radius 2 is 1.77 bits per heavy atom. The van der Waals surface area contributed by atoms with Gasteiger partial charge in [-0.3, -0.25) is 0 Å². The molecule has 6 nitrogen and oxygen atoms in total. The van der Waals surface area contributed by atoms with Crippen LogP contribution in [0.2, 0.25) is 0 Å². The number of nitrogens with one attached hydrogen (secondary N) is 1. The molecule has 0 amide bonds. The van der Waals surface area contributed by atoms with Gasteiger partial charge in [-0.05, 0) is 38.0 Å². The van der Waals surface area contributed by atoms with Gasteiger partial charge < -0.3 is 4.57 Å². The van der Waals surface area contributed by atoms with E-state index in [4.69, 9.17) is 0 Å². The molecule has 0 saturated heterocycles. The van der Waals surface area contributed by atoms with Crippen LogP contribution in [0.1, 0.15) is 50.4 Å². The molecule has 0 aliphatic carbocycles. The molecule has 1 unspecified atom stereocenters. The van der Waals surface area contributed by atoms with Gasteiger partial charge in [0.25, 0.3) is 0 Å². The van der Waals surface area contributed by atoms with E-state index in [0.717, 1.165) is 23.0 Å². The number of benzene rings is 1. The van der Waals surface area contributed by atoms with E-state index in [2.05, 4.69) is 14.9 Å². The fourth-order valence-corrected chi connectivity index (χ4v) is 3.84. The van der Waals surface area contributed by atoms with Crippen LogP contribution in [0.25, 0.3) is 0 Å². The summed E-state index contributed by atoms with van der Waals surface area (Å²) in [4.78, 5) is 0.0443. The SMILES string of the molecule is CCCc1ccc(S(=O)(=O)NC(C)c2nnc(C(F)(F)F)n2CC)cc1. The molecule has 2 aromatic rings. The van der Waals surface area contributed by atoms with Gasteiger partial charge in [-0.25, -0.2) is 13.1 Å². The van der Waals surface area contributed by atoms with Gasteiger partial charge in [0.1, 0.15) is 0 Å². The lowest BCUT2D eigenvalue weighted by molar-refractivity contribution is -0.147. The number of halogens is 3. The van der Waals surface area contributed by atoms with Crippen molar-refractivity contribution in [2.45, 2.75) is 57.3 Å². The van der Waals surface area contributed by atoms with Crippen LogP contribution in [0.5, 0.6) is 0 Å². The molecule has 0 saturated carbocycles. The predicted octanol–water partition coefficient (Wildman–Crippen LogP) is 3.31. The van der Waals surface area contributed by atoms with Crippen LogP contribution in [0.3, 0.4) is 0 Å². The van der Waals surface area contributed by atoms with Crippen molar-refractivity contribution in [1.29, 1.82) is 0 Å². The summed E-state index contributed by atoms with van der Waals surface area (Å²) in [5.74, 6) is -1.24. The lowest BCUT2D eigenvalue weighted by Gasteiger charge is -2.16. The summed E-state index contributed by atoms with van der Waals surface area (Å²) in [5.41, 5.74) is 1.01. The van der Waals surface area contributed by atoms with E-state index < -0.39 is 28.1 Å². The standard InChI is InChI=1S/C16H21F3N4O2S/c1-4-6-12-7-9-13(10-8-12)26(24,25)22-11(3)14-20-21-15(16(17,18)19)23(14)5-2/h7-11,22H,4-6H2,1-3H3. The van der Waals surface area contributed by atoms with Crippen LogP contribution in [0.4, 0.5) is 13.2 Å². The molecule has 1 atom stereocenters. The lowest BCUT2D eigenvalue weighted by Crippen LogP contribution is -2.29. The second-order valence-electron chi connectivity index (χ2n) is 5.86. The fraction of sp³-hybridized carbons (Fsp3) is 0.500. The molecule has 1 aromatic carbocycles. The molecule has 10 heteroatoms. The number of nitrogens with zero attached hydrogens (tertiary/aromatic N) is 3. The number of hydrogen-bond acceptors (Lipinski definition) is 4. The van der Waals surface area contributed by atoms with E-state index in [1.165, 1.54) is 26.0 Å². The summed E-state index contributed by atoms with van der Waals surface area (Å²) in [6.07, 6.45) is -2.88. The minimum atomic E-state index is -4.66. The molecule has 1 heterocycles. The van der Waals surface area contributed by atoms with Crippen LogP contribution >= 0.6 is 0 Å². The van der Waals surface area contributed by atoms with Crippen molar-refractivity contribution in [2.75, 3.05) is 0 Å². The molecule has 26 heavy (non-hydrogen) atoms. The molecule has 0 radical (unpaired) electrons. The van der Waals surface area contributed by atoms with E-state index >= 15 is 0 Å². The Morgan fingerprint density at radius 3 is 2.27 bits per heavy atom. The van der Waals surface area contributed by atoms with Crippen molar-refractivity contribution in [3.63, 3.8) is 0 Å². The number of hydrogen-bond donors (Lipinski definition) is 1. The quantitative estimate of drug-likeness (QED) is 0.787. The molecule has 0 spiro atoms. The fourth-order valence-electron chi connectivity index (χ4n) is 2.63. The van der Waals surface area contributed by atoms with Gasteiger partial charge in [-0.2, -0.15) is 13.2 Å². The van der Waals surface area contributed by atoms with Gasteiger partial charge >= 0.3 is 6.18 Å². The highest BCUT2D eigenvalue weighted by Crippen LogP contribution is 2.29. The molecule has 0 fully saturated rings. The second-order valence-corrected chi connectivity index (χ2v) is 7.57. The van der Waals surface area contributed by atoms with E-state index in [9.17, 15) is 21.6 Å². The van der Waals surface area contributed by atoms with Crippen molar-refractivity contribution in [2.24, 2.45) is 0 Å². The Bertz CT molecular complexity index is 845. The second kappa shape index (κ2) is 7.75. The molecular formula is C16H21F3N4O2S. The Hall–Kier alpha value is -1.94. The van der Waals surface area contributed by atoms with Crippen LogP contribution in [0.15, 0.2) is 29.2 Å². The maximum Gasteiger partial charge on any atom is 0.451 e. The summed E-state index contributed by atoms with van der Waals surface area (Å²) in [5, 5.41) is 6.70. The highest BCUT2D eigenvalue weighted by molar-refractivity contribution is 7.89. The van der Waals surface area contributed by atoms with E-state index in [1.807, 2.05) is 6.92 Å². The Kier molecular flexibility index (Phi) is 6.07. The molecular weight excluding hydrogens is 369 g/mol. The van der Waals surface area contributed by atoms with Gasteiger partial charge in [0.05, 0.1) is 10.9 Å². The van der Waals surface area contributed by atoms with E-state index in [0.29, 0.717) is 0 Å². The summed E-state index contributed by atoms with van der Waals surface area (Å²) in [7, 11) is -3.90. The van der Waals surface area contributed by atoms with Gasteiger partial charge in [0.15, 0.2) is 5.82 Å². The topological polar surface area (TPSA) is 76.9 Å². The van der Waals surface area contributed by atoms with Crippen LogP contribution in [0, 0.1) is 0 Å². The minimum Gasteiger partial charge on any atom is -0.306 e. The third kappa shape index (κ3) is 4.42. The smallest absolute Gasteiger partial charge is 0.306 e. The molecule has 1 aromatic heterocycles. The predicted molar refractivity (Wildman–Crippen MR) is 89.9 cm³/mol. The first-order valence-electron chi connectivity index (χ1n) is 8.21. The average molecular weight is 390 g/mol. The summed E-state index contributed by atoms with van der Waals surface area (Å²) in [6, 6.07) is 5.43. The number of sulfonamides is 1. The molecule has 144 valence electrons. The van der Waals surface area contributed by atoms with Crippen molar-refractivity contribution in [1.82, 2.24) is 19.5 Å². The molecule has 0 aliphatic rings. The zero-order chi connectivity index (χ0) is 19.5. The minimum absolute atomic E-state index is 0.0328. The number of rotatable bonds is 7. The van der Waals surface area contributed by atoms with Crippen molar-refractivity contribution < 1.29 is 21.6 Å². The maximum absolute atomic E-state index is 13.0. The summed E-state index contributed by atoms with van der Waals surface area (Å²) in [6.45, 7) is 4.93. The van der Waals surface area contributed by atoms with Crippen molar-refractivity contribution >= 4 is 10.0 Å². The Labute approximate surface area is 150 Å². The van der Waals surface area contributed by atoms with Crippen molar-refractivity contribution in [3.8, 4) is 0 Å². The maximum atomic E-state index is 13.0.